The van der Waals surface area contributed by atoms with E-state index in [1.165, 1.54) is 6.07 Å². The number of anilines is 1. The highest BCUT2D eigenvalue weighted by atomic mass is 19.1. The molecule has 0 saturated heterocycles. The Morgan fingerprint density at radius 2 is 1.80 bits per heavy atom. The number of nitrogens with one attached hydrogen (secondary N) is 2. The standard InChI is InChI=1S/C23H20FN3O3/c24-20-9-5-4-8-17(20)14-30-18-10-11-21-19(12-18)23(27-26-21)25-22(28)15-29-13-16-6-2-1-3-7-16/h1-12H,13-15H2,(H2,25,26,27,28). The van der Waals surface area contributed by atoms with Crippen molar-refractivity contribution in [1.82, 2.24) is 10.2 Å². The lowest BCUT2D eigenvalue weighted by Gasteiger charge is -2.08. The average molecular weight is 405 g/mol. The summed E-state index contributed by atoms with van der Waals surface area (Å²) in [5.74, 6) is 0.306. The molecule has 2 N–H and O–H groups in total. The number of aromatic amines is 1. The molecule has 7 heteroatoms. The number of halogens is 1. The number of ether oxygens (including phenoxy) is 2. The summed E-state index contributed by atoms with van der Waals surface area (Å²) in [7, 11) is 0. The van der Waals surface area contributed by atoms with Crippen molar-refractivity contribution in [3.05, 3.63) is 89.7 Å². The number of hydrogen-bond acceptors (Lipinski definition) is 4. The summed E-state index contributed by atoms with van der Waals surface area (Å²) in [5.41, 5.74) is 2.20. The number of carbonyl (C=O) groups excluding carboxylic acids is 1. The molecule has 0 radical (unpaired) electrons. The maximum atomic E-state index is 13.8. The summed E-state index contributed by atoms with van der Waals surface area (Å²) in [5, 5.41) is 10.4. The molecule has 6 nitrogen and oxygen atoms in total. The molecule has 1 amide bonds. The van der Waals surface area contributed by atoms with Crippen LogP contribution >= 0.6 is 0 Å². The van der Waals surface area contributed by atoms with Crippen molar-refractivity contribution in [3.8, 4) is 5.75 Å². The Hall–Kier alpha value is -3.71. The van der Waals surface area contributed by atoms with E-state index < -0.39 is 0 Å². The molecule has 0 atom stereocenters. The van der Waals surface area contributed by atoms with Gasteiger partial charge in [-0.15, -0.1) is 0 Å². The van der Waals surface area contributed by atoms with Gasteiger partial charge in [0, 0.05) is 10.9 Å². The van der Waals surface area contributed by atoms with Crippen molar-refractivity contribution in [1.29, 1.82) is 0 Å². The first-order valence-electron chi connectivity index (χ1n) is 9.45. The number of rotatable bonds is 8. The van der Waals surface area contributed by atoms with Gasteiger partial charge in [0.1, 0.15) is 24.8 Å². The van der Waals surface area contributed by atoms with Crippen LogP contribution in [0, 0.1) is 5.82 Å². The smallest absolute Gasteiger partial charge is 0.251 e. The molecule has 3 aromatic carbocycles. The van der Waals surface area contributed by atoms with Crippen LogP contribution in [-0.2, 0) is 22.7 Å². The van der Waals surface area contributed by atoms with Gasteiger partial charge in [0.2, 0.25) is 0 Å². The third-order valence-electron chi connectivity index (χ3n) is 4.49. The second-order valence-electron chi connectivity index (χ2n) is 6.69. The summed E-state index contributed by atoms with van der Waals surface area (Å²) >= 11 is 0. The summed E-state index contributed by atoms with van der Waals surface area (Å²) in [6, 6.07) is 21.4. The first-order valence-corrected chi connectivity index (χ1v) is 9.45. The van der Waals surface area contributed by atoms with E-state index in [1.54, 1.807) is 36.4 Å². The molecule has 0 aliphatic rings. The zero-order valence-corrected chi connectivity index (χ0v) is 16.1. The summed E-state index contributed by atoms with van der Waals surface area (Å²) in [4.78, 5) is 12.2. The number of hydrogen-bond donors (Lipinski definition) is 2. The van der Waals surface area contributed by atoms with Gasteiger partial charge < -0.3 is 14.8 Å². The Morgan fingerprint density at radius 3 is 2.63 bits per heavy atom. The van der Waals surface area contributed by atoms with E-state index in [9.17, 15) is 9.18 Å². The molecular weight excluding hydrogens is 385 g/mol. The maximum Gasteiger partial charge on any atom is 0.251 e. The van der Waals surface area contributed by atoms with Gasteiger partial charge in [-0.2, -0.15) is 5.10 Å². The molecule has 0 bridgehead atoms. The number of aromatic nitrogens is 2. The molecule has 1 aromatic heterocycles. The van der Waals surface area contributed by atoms with Crippen LogP contribution in [0.15, 0.2) is 72.8 Å². The highest BCUT2D eigenvalue weighted by molar-refractivity contribution is 6.00. The fraction of sp³-hybridized carbons (Fsp3) is 0.130. The van der Waals surface area contributed by atoms with Crippen molar-refractivity contribution >= 4 is 22.6 Å². The number of benzene rings is 3. The number of amides is 1. The first-order chi connectivity index (χ1) is 14.7. The summed E-state index contributed by atoms with van der Waals surface area (Å²) < 4.78 is 24.9. The third kappa shape index (κ3) is 4.82. The number of H-pyrrole nitrogens is 1. The molecular formula is C23H20FN3O3. The van der Waals surface area contributed by atoms with Crippen LogP contribution in [0.1, 0.15) is 11.1 Å². The number of carbonyl (C=O) groups is 1. The van der Waals surface area contributed by atoms with Crippen molar-refractivity contribution in [2.45, 2.75) is 13.2 Å². The van der Waals surface area contributed by atoms with Crippen LogP contribution in [-0.4, -0.2) is 22.7 Å². The van der Waals surface area contributed by atoms with Crippen molar-refractivity contribution in [3.63, 3.8) is 0 Å². The van der Waals surface area contributed by atoms with Gasteiger partial charge in [-0.05, 0) is 29.8 Å². The Morgan fingerprint density at radius 1 is 1.00 bits per heavy atom. The van der Waals surface area contributed by atoms with Gasteiger partial charge in [0.15, 0.2) is 5.82 Å². The van der Waals surface area contributed by atoms with E-state index in [1.807, 2.05) is 30.3 Å². The fourth-order valence-electron chi connectivity index (χ4n) is 2.96. The van der Waals surface area contributed by atoms with E-state index in [0.29, 0.717) is 29.1 Å². The molecule has 0 aliphatic heterocycles. The first kappa shape index (κ1) is 19.6. The molecule has 1 heterocycles. The van der Waals surface area contributed by atoms with Crippen molar-refractivity contribution in [2.24, 2.45) is 0 Å². The van der Waals surface area contributed by atoms with Crippen LogP contribution in [0.3, 0.4) is 0 Å². The van der Waals surface area contributed by atoms with Crippen LogP contribution in [0.25, 0.3) is 10.9 Å². The van der Waals surface area contributed by atoms with Gasteiger partial charge in [0.25, 0.3) is 5.91 Å². The van der Waals surface area contributed by atoms with Gasteiger partial charge in [-0.25, -0.2) is 4.39 Å². The molecule has 0 saturated carbocycles. The van der Waals surface area contributed by atoms with Crippen LogP contribution in [0.2, 0.25) is 0 Å². The Balaban J connectivity index is 1.37. The zero-order valence-electron chi connectivity index (χ0n) is 16.1. The van der Waals surface area contributed by atoms with Crippen molar-refractivity contribution in [2.75, 3.05) is 11.9 Å². The molecule has 30 heavy (non-hydrogen) atoms. The van der Waals surface area contributed by atoms with Crippen molar-refractivity contribution < 1.29 is 18.7 Å². The predicted octanol–water partition coefficient (Wildman–Crippen LogP) is 4.44. The largest absolute Gasteiger partial charge is 0.489 e. The highest BCUT2D eigenvalue weighted by Gasteiger charge is 2.11. The van der Waals surface area contributed by atoms with Gasteiger partial charge in [0.05, 0.1) is 12.1 Å². The summed E-state index contributed by atoms with van der Waals surface area (Å²) in [6.45, 7) is 0.362. The lowest BCUT2D eigenvalue weighted by atomic mass is 10.2. The van der Waals surface area contributed by atoms with Crippen LogP contribution in [0.4, 0.5) is 10.2 Å². The SMILES string of the molecule is O=C(COCc1ccccc1)Nc1n[nH]c2ccc(OCc3ccccc3F)cc12. The van der Waals surface area contributed by atoms with E-state index in [0.717, 1.165) is 11.1 Å². The maximum absolute atomic E-state index is 13.8. The average Bonchev–Trinajstić information content (AvgIpc) is 3.16. The minimum absolute atomic E-state index is 0.0906. The van der Waals surface area contributed by atoms with Gasteiger partial charge in [-0.3, -0.25) is 9.89 Å². The quantitative estimate of drug-likeness (QED) is 0.455. The predicted molar refractivity (Wildman–Crippen MR) is 112 cm³/mol. The van der Waals surface area contributed by atoms with Crippen LogP contribution < -0.4 is 10.1 Å². The zero-order chi connectivity index (χ0) is 20.8. The Labute approximate surface area is 172 Å². The monoisotopic (exact) mass is 405 g/mol. The van der Waals surface area contributed by atoms with E-state index in [-0.39, 0.29) is 24.9 Å². The lowest BCUT2D eigenvalue weighted by molar-refractivity contribution is -0.121. The topological polar surface area (TPSA) is 76.2 Å². The van der Waals surface area contributed by atoms with Gasteiger partial charge >= 0.3 is 0 Å². The highest BCUT2D eigenvalue weighted by Crippen LogP contribution is 2.26. The molecule has 0 fully saturated rings. The minimum Gasteiger partial charge on any atom is -0.489 e. The molecule has 0 unspecified atom stereocenters. The third-order valence-corrected chi connectivity index (χ3v) is 4.49. The van der Waals surface area contributed by atoms with Gasteiger partial charge in [-0.1, -0.05) is 48.5 Å². The second-order valence-corrected chi connectivity index (χ2v) is 6.69. The Bertz CT molecular complexity index is 1140. The molecule has 0 spiro atoms. The number of fused-ring (bicyclic) bond motifs is 1. The molecule has 4 rings (SSSR count). The molecule has 152 valence electrons. The Kier molecular flexibility index (Phi) is 6.01. The van der Waals surface area contributed by atoms with E-state index in [2.05, 4.69) is 15.5 Å². The molecule has 0 aliphatic carbocycles. The second kappa shape index (κ2) is 9.19. The van der Waals surface area contributed by atoms with E-state index >= 15 is 0 Å². The lowest BCUT2D eigenvalue weighted by Crippen LogP contribution is -2.18. The normalized spacial score (nSPS) is 10.8. The minimum atomic E-state index is -0.314. The number of nitrogens with zero attached hydrogens (tertiary/aromatic N) is 1. The summed E-state index contributed by atoms with van der Waals surface area (Å²) in [6.07, 6.45) is 0. The fourth-order valence-corrected chi connectivity index (χ4v) is 2.96. The molecule has 4 aromatic rings. The van der Waals surface area contributed by atoms with Crippen LogP contribution in [0.5, 0.6) is 5.75 Å². The van der Waals surface area contributed by atoms with E-state index in [4.69, 9.17) is 9.47 Å².